The van der Waals surface area contributed by atoms with Crippen LogP contribution in [0.5, 0.6) is 5.75 Å². The zero-order valence-corrected chi connectivity index (χ0v) is 11.1. The second-order valence-electron chi connectivity index (χ2n) is 4.32. The van der Waals surface area contributed by atoms with Crippen LogP contribution in [0.15, 0.2) is 54.6 Å². The summed E-state index contributed by atoms with van der Waals surface area (Å²) in [6, 6.07) is 16.6. The SMILES string of the molecule is O=C(COc1ccc(CCO)cc1)Nc1ccccc1. The van der Waals surface area contributed by atoms with Gasteiger partial charge in [0.1, 0.15) is 5.75 Å². The number of carbonyl (C=O) groups is 1. The van der Waals surface area contributed by atoms with Gasteiger partial charge in [0.15, 0.2) is 6.61 Å². The van der Waals surface area contributed by atoms with Gasteiger partial charge in [-0.3, -0.25) is 4.79 Å². The van der Waals surface area contributed by atoms with Crippen molar-refractivity contribution in [2.45, 2.75) is 6.42 Å². The maximum atomic E-state index is 11.7. The average molecular weight is 271 g/mol. The lowest BCUT2D eigenvalue weighted by Crippen LogP contribution is -2.20. The van der Waals surface area contributed by atoms with Crippen molar-refractivity contribution in [2.75, 3.05) is 18.5 Å². The molecule has 0 fully saturated rings. The molecule has 0 spiro atoms. The van der Waals surface area contributed by atoms with E-state index in [1.807, 2.05) is 42.5 Å². The molecule has 0 saturated carbocycles. The van der Waals surface area contributed by atoms with Crippen molar-refractivity contribution in [3.63, 3.8) is 0 Å². The second-order valence-corrected chi connectivity index (χ2v) is 4.32. The van der Waals surface area contributed by atoms with Crippen LogP contribution in [0.2, 0.25) is 0 Å². The van der Waals surface area contributed by atoms with Crippen LogP contribution in [-0.2, 0) is 11.2 Å². The summed E-state index contributed by atoms with van der Waals surface area (Å²) in [5.41, 5.74) is 1.79. The van der Waals surface area contributed by atoms with Crippen molar-refractivity contribution in [1.29, 1.82) is 0 Å². The number of rotatable bonds is 6. The smallest absolute Gasteiger partial charge is 0.262 e. The Kier molecular flexibility index (Phi) is 5.15. The van der Waals surface area contributed by atoms with Gasteiger partial charge in [-0.05, 0) is 36.2 Å². The Bertz CT molecular complexity index is 537. The Morgan fingerprint density at radius 3 is 2.40 bits per heavy atom. The molecule has 2 N–H and O–H groups in total. The van der Waals surface area contributed by atoms with E-state index in [0.717, 1.165) is 11.3 Å². The highest BCUT2D eigenvalue weighted by molar-refractivity contribution is 5.91. The van der Waals surface area contributed by atoms with E-state index in [9.17, 15) is 4.79 Å². The van der Waals surface area contributed by atoms with Crippen molar-refractivity contribution in [1.82, 2.24) is 0 Å². The third-order valence-corrected chi connectivity index (χ3v) is 2.75. The number of anilines is 1. The monoisotopic (exact) mass is 271 g/mol. The molecule has 0 unspecified atom stereocenters. The fourth-order valence-corrected chi connectivity index (χ4v) is 1.75. The Hall–Kier alpha value is -2.33. The van der Waals surface area contributed by atoms with Crippen molar-refractivity contribution < 1.29 is 14.6 Å². The third kappa shape index (κ3) is 4.40. The van der Waals surface area contributed by atoms with Crippen LogP contribution in [0, 0.1) is 0 Å². The summed E-state index contributed by atoms with van der Waals surface area (Å²) in [6.45, 7) is 0.0912. The van der Waals surface area contributed by atoms with Gasteiger partial charge in [-0.1, -0.05) is 30.3 Å². The summed E-state index contributed by atoms with van der Waals surface area (Å²) in [4.78, 5) is 11.7. The highest BCUT2D eigenvalue weighted by atomic mass is 16.5. The number of hydrogen-bond donors (Lipinski definition) is 2. The van der Waals surface area contributed by atoms with Gasteiger partial charge < -0.3 is 15.2 Å². The largest absolute Gasteiger partial charge is 0.484 e. The van der Waals surface area contributed by atoms with Crippen molar-refractivity contribution in [3.05, 3.63) is 60.2 Å². The van der Waals surface area contributed by atoms with Crippen LogP contribution < -0.4 is 10.1 Å². The van der Waals surface area contributed by atoms with Gasteiger partial charge in [0.25, 0.3) is 5.91 Å². The van der Waals surface area contributed by atoms with Crippen LogP contribution in [0.1, 0.15) is 5.56 Å². The Balaban J connectivity index is 1.81. The van der Waals surface area contributed by atoms with E-state index < -0.39 is 0 Å². The number of nitrogens with one attached hydrogen (secondary N) is 1. The highest BCUT2D eigenvalue weighted by Gasteiger charge is 2.03. The summed E-state index contributed by atoms with van der Waals surface area (Å²) in [6.07, 6.45) is 0.620. The van der Waals surface area contributed by atoms with Crippen LogP contribution >= 0.6 is 0 Å². The molecule has 0 heterocycles. The molecule has 2 aromatic rings. The normalized spacial score (nSPS) is 10.1. The Morgan fingerprint density at radius 1 is 1.05 bits per heavy atom. The minimum Gasteiger partial charge on any atom is -0.484 e. The highest BCUT2D eigenvalue weighted by Crippen LogP contribution is 2.12. The van der Waals surface area contributed by atoms with Crippen LogP contribution in [0.25, 0.3) is 0 Å². The van der Waals surface area contributed by atoms with Gasteiger partial charge >= 0.3 is 0 Å². The fourth-order valence-electron chi connectivity index (χ4n) is 1.75. The molecule has 0 aliphatic heterocycles. The number of aliphatic hydroxyl groups excluding tert-OH is 1. The number of para-hydroxylation sites is 1. The number of hydrogen-bond acceptors (Lipinski definition) is 3. The first kappa shape index (κ1) is 14.1. The topological polar surface area (TPSA) is 58.6 Å². The van der Waals surface area contributed by atoms with E-state index >= 15 is 0 Å². The minimum absolute atomic E-state index is 0.0335. The molecular weight excluding hydrogens is 254 g/mol. The standard InChI is InChI=1S/C16H17NO3/c18-11-10-13-6-8-15(9-7-13)20-12-16(19)17-14-4-2-1-3-5-14/h1-9,18H,10-12H2,(H,17,19). The number of benzene rings is 2. The molecule has 0 aromatic heterocycles. The van der Waals surface area contributed by atoms with Gasteiger partial charge in [-0.25, -0.2) is 0 Å². The second kappa shape index (κ2) is 7.31. The van der Waals surface area contributed by atoms with Gasteiger partial charge in [-0.2, -0.15) is 0 Å². The molecule has 0 aliphatic carbocycles. The van der Waals surface area contributed by atoms with Crippen molar-refractivity contribution in [3.8, 4) is 5.75 Å². The summed E-state index contributed by atoms with van der Waals surface area (Å²) in [5.74, 6) is 0.436. The first-order valence-corrected chi connectivity index (χ1v) is 6.45. The van der Waals surface area contributed by atoms with E-state index in [0.29, 0.717) is 12.2 Å². The number of aliphatic hydroxyl groups is 1. The molecule has 2 rings (SSSR count). The Morgan fingerprint density at radius 2 is 1.75 bits per heavy atom. The number of amides is 1. The molecule has 104 valence electrons. The minimum atomic E-state index is -0.198. The summed E-state index contributed by atoms with van der Waals surface area (Å²) < 4.78 is 5.40. The molecule has 4 heteroatoms. The van der Waals surface area contributed by atoms with E-state index in [1.165, 1.54) is 0 Å². The molecule has 20 heavy (non-hydrogen) atoms. The first-order chi connectivity index (χ1) is 9.78. The van der Waals surface area contributed by atoms with Gasteiger partial charge in [0.05, 0.1) is 0 Å². The molecule has 0 radical (unpaired) electrons. The molecule has 4 nitrogen and oxygen atoms in total. The molecule has 2 aromatic carbocycles. The van der Waals surface area contributed by atoms with Gasteiger partial charge in [0.2, 0.25) is 0 Å². The lowest BCUT2D eigenvalue weighted by Gasteiger charge is -2.08. The van der Waals surface area contributed by atoms with Crippen molar-refractivity contribution >= 4 is 11.6 Å². The summed E-state index contributed by atoms with van der Waals surface area (Å²) in [7, 11) is 0. The van der Waals surface area contributed by atoms with Crippen LogP contribution in [-0.4, -0.2) is 24.2 Å². The molecule has 0 atom stereocenters. The zero-order chi connectivity index (χ0) is 14.2. The summed E-state index contributed by atoms with van der Waals surface area (Å²) in [5, 5.41) is 11.6. The number of ether oxygens (including phenoxy) is 1. The quantitative estimate of drug-likeness (QED) is 0.847. The first-order valence-electron chi connectivity index (χ1n) is 6.45. The van der Waals surface area contributed by atoms with Crippen molar-refractivity contribution in [2.24, 2.45) is 0 Å². The van der Waals surface area contributed by atoms with E-state index in [-0.39, 0.29) is 19.1 Å². The van der Waals surface area contributed by atoms with E-state index in [1.54, 1.807) is 12.1 Å². The lowest BCUT2D eigenvalue weighted by atomic mass is 10.1. The van der Waals surface area contributed by atoms with Crippen LogP contribution in [0.3, 0.4) is 0 Å². The third-order valence-electron chi connectivity index (χ3n) is 2.75. The molecule has 0 aliphatic rings. The van der Waals surface area contributed by atoms with Gasteiger partial charge in [0, 0.05) is 12.3 Å². The van der Waals surface area contributed by atoms with Gasteiger partial charge in [-0.15, -0.1) is 0 Å². The maximum absolute atomic E-state index is 11.7. The average Bonchev–Trinajstić information content (AvgIpc) is 2.48. The lowest BCUT2D eigenvalue weighted by molar-refractivity contribution is -0.118. The zero-order valence-electron chi connectivity index (χ0n) is 11.1. The van der Waals surface area contributed by atoms with E-state index in [4.69, 9.17) is 9.84 Å². The molecule has 0 bridgehead atoms. The summed E-state index contributed by atoms with van der Waals surface area (Å²) >= 11 is 0. The predicted molar refractivity (Wildman–Crippen MR) is 77.8 cm³/mol. The number of carbonyl (C=O) groups excluding carboxylic acids is 1. The fraction of sp³-hybridized carbons (Fsp3) is 0.188. The van der Waals surface area contributed by atoms with Crippen LogP contribution in [0.4, 0.5) is 5.69 Å². The van der Waals surface area contributed by atoms with E-state index in [2.05, 4.69) is 5.32 Å². The maximum Gasteiger partial charge on any atom is 0.262 e. The molecule has 1 amide bonds. The Labute approximate surface area is 118 Å². The predicted octanol–water partition coefficient (Wildman–Crippen LogP) is 2.24. The molecule has 0 saturated heterocycles. The molecular formula is C16H17NO3.